The lowest BCUT2D eigenvalue weighted by Gasteiger charge is -2.41. The molecule has 0 aromatic rings. The number of rotatable bonds is 0. The van der Waals surface area contributed by atoms with Crippen LogP contribution in [0.15, 0.2) is 0 Å². The maximum Gasteiger partial charge on any atom is 0.0547 e. The first kappa shape index (κ1) is 7.30. The van der Waals surface area contributed by atoms with Crippen molar-refractivity contribution < 1.29 is 0 Å². The maximum atomic E-state index is 2.65. The summed E-state index contributed by atoms with van der Waals surface area (Å²) in [4.78, 5) is 0. The van der Waals surface area contributed by atoms with E-state index in [1.165, 1.54) is 0 Å². The molecule has 2 rings (SSSR count). The smallest absolute Gasteiger partial charge is 0.0547 e. The highest BCUT2D eigenvalue weighted by Crippen LogP contribution is 2.51. The lowest BCUT2D eigenvalue weighted by molar-refractivity contribution is 0.929. The van der Waals surface area contributed by atoms with E-state index in [1.54, 1.807) is 43.0 Å². The predicted octanol–water partition coefficient (Wildman–Crippen LogP) is 2.89. The summed E-state index contributed by atoms with van der Waals surface area (Å²) in [6, 6.07) is 3.34. The second-order valence-electron chi connectivity index (χ2n) is 4.29. The van der Waals surface area contributed by atoms with Gasteiger partial charge >= 0.3 is 0 Å². The normalized spacial score (nSPS) is 47.1. The van der Waals surface area contributed by atoms with Crippen LogP contribution in [-0.2, 0) is 0 Å². The molecule has 0 N–H and O–H groups in total. The Morgan fingerprint density at radius 3 is 2.10 bits per heavy atom. The van der Waals surface area contributed by atoms with E-state index in [2.05, 4.69) is 6.55 Å². The molecule has 2 aliphatic rings. The van der Waals surface area contributed by atoms with Crippen LogP contribution in [0.25, 0.3) is 0 Å². The van der Waals surface area contributed by atoms with Gasteiger partial charge in [-0.1, -0.05) is 31.5 Å². The molecule has 2 saturated heterocycles. The minimum absolute atomic E-state index is 0.558. The van der Waals surface area contributed by atoms with Gasteiger partial charge in [-0.25, -0.2) is 0 Å². The summed E-state index contributed by atoms with van der Waals surface area (Å²) in [7, 11) is 0.0331. The molecule has 2 aliphatic heterocycles. The zero-order chi connectivity index (χ0) is 7.03. The third-order valence-electron chi connectivity index (χ3n) is 3.11. The molecule has 0 spiro atoms. The monoisotopic (exact) mass is 172 g/mol. The summed E-state index contributed by atoms with van der Waals surface area (Å²) in [6.45, 7) is 2.65. The predicted molar refractivity (Wildman–Crippen MR) is 52.0 cm³/mol. The van der Waals surface area contributed by atoms with E-state index < -0.39 is 8.07 Å². The second kappa shape index (κ2) is 2.60. The largest absolute Gasteiger partial charge is 0.109 e. The van der Waals surface area contributed by atoms with Crippen LogP contribution >= 0.6 is 7.92 Å². The van der Waals surface area contributed by atoms with Gasteiger partial charge in [0, 0.05) is 0 Å². The van der Waals surface area contributed by atoms with Crippen LogP contribution in [0.3, 0.4) is 0 Å². The lowest BCUT2D eigenvalue weighted by Crippen LogP contribution is -2.41. The molecule has 0 unspecified atom stereocenters. The first-order chi connectivity index (χ1) is 4.79. The Morgan fingerprint density at radius 2 is 1.70 bits per heavy atom. The van der Waals surface area contributed by atoms with Gasteiger partial charge in [0.15, 0.2) is 0 Å². The van der Waals surface area contributed by atoms with E-state index in [0.717, 1.165) is 0 Å². The van der Waals surface area contributed by atoms with Crippen LogP contribution in [0.4, 0.5) is 0 Å². The quantitative estimate of drug-likeness (QED) is 0.389. The molecule has 2 fully saturated rings. The van der Waals surface area contributed by atoms with Gasteiger partial charge in [-0.05, 0) is 18.1 Å². The molecular weight excluding hydrogens is 155 g/mol. The Bertz CT molecular complexity index is 125. The van der Waals surface area contributed by atoms with Gasteiger partial charge in [-0.2, -0.15) is 0 Å². The van der Waals surface area contributed by atoms with Crippen molar-refractivity contribution in [3.05, 3.63) is 0 Å². The van der Waals surface area contributed by atoms with E-state index in [4.69, 9.17) is 0 Å². The highest BCUT2D eigenvalue weighted by atomic mass is 31.1. The molecule has 0 aromatic carbocycles. The number of hydrogen-bond acceptors (Lipinski definition) is 0. The van der Waals surface area contributed by atoms with Crippen molar-refractivity contribution in [2.24, 2.45) is 0 Å². The fourth-order valence-corrected chi connectivity index (χ4v) is 13.7. The first-order valence-electron chi connectivity index (χ1n) is 4.51. The third-order valence-corrected chi connectivity index (χ3v) is 13.0. The zero-order valence-corrected chi connectivity index (χ0v) is 8.79. The Morgan fingerprint density at radius 1 is 1.10 bits per heavy atom. The van der Waals surface area contributed by atoms with Gasteiger partial charge in [0.05, 0.1) is 8.07 Å². The van der Waals surface area contributed by atoms with Gasteiger partial charge in [0.25, 0.3) is 0 Å². The highest BCUT2D eigenvalue weighted by Gasteiger charge is 2.36. The van der Waals surface area contributed by atoms with Crippen LogP contribution < -0.4 is 0 Å². The topological polar surface area (TPSA) is 0 Å². The Balaban J connectivity index is 2.07. The molecule has 0 saturated carbocycles. The Labute approximate surface area is 66.2 Å². The van der Waals surface area contributed by atoms with Crippen molar-refractivity contribution in [1.82, 2.24) is 0 Å². The molecule has 0 atom stereocenters. The summed E-state index contributed by atoms with van der Waals surface area (Å²) in [5, 5.41) is 0. The van der Waals surface area contributed by atoms with Gasteiger partial charge in [0.2, 0.25) is 0 Å². The van der Waals surface area contributed by atoms with Gasteiger partial charge in [0.1, 0.15) is 0 Å². The third kappa shape index (κ3) is 1.31. The van der Waals surface area contributed by atoms with Gasteiger partial charge in [-0.15, -0.1) is 7.92 Å². The van der Waals surface area contributed by atoms with Crippen LogP contribution in [0.2, 0.25) is 18.6 Å². The van der Waals surface area contributed by atoms with Crippen LogP contribution in [-0.4, -0.2) is 26.2 Å². The molecule has 0 amide bonds. The Kier molecular flexibility index (Phi) is 1.90. The van der Waals surface area contributed by atoms with E-state index in [1.807, 2.05) is 0 Å². The molecule has 2 heterocycles. The van der Waals surface area contributed by atoms with Crippen molar-refractivity contribution in [1.29, 1.82) is 0 Å². The maximum absolute atomic E-state index is 2.65. The summed E-state index contributed by atoms with van der Waals surface area (Å²) in [5.41, 5.74) is 0. The van der Waals surface area contributed by atoms with Crippen LogP contribution in [0.1, 0.15) is 12.8 Å². The minimum atomic E-state index is -0.558. The fraction of sp³-hybridized carbons (Fsp3) is 1.00. The molecule has 2 heteroatoms. The number of fused-ring (bicyclic) bond motifs is 2. The average Bonchev–Trinajstić information content (AvgIpc) is 1.86. The van der Waals surface area contributed by atoms with E-state index in [-0.39, 0.29) is 0 Å². The summed E-state index contributed by atoms with van der Waals surface area (Å²) in [5.74, 6) is 1.75. The van der Waals surface area contributed by atoms with E-state index in [0.29, 0.717) is 7.92 Å². The van der Waals surface area contributed by atoms with E-state index in [9.17, 15) is 0 Å². The van der Waals surface area contributed by atoms with Crippen molar-refractivity contribution >= 4 is 16.0 Å². The minimum Gasteiger partial charge on any atom is -0.109 e. The Hall–Kier alpha value is 0.647. The fourth-order valence-electron chi connectivity index (χ4n) is 2.55. The SMILES string of the molecule is C[Si]12CCCP(CCC1)C2. The van der Waals surface area contributed by atoms with Crippen LogP contribution in [0, 0.1) is 0 Å². The highest BCUT2D eigenvalue weighted by molar-refractivity contribution is 7.61. The average molecular weight is 172 g/mol. The van der Waals surface area contributed by atoms with E-state index >= 15 is 0 Å². The second-order valence-corrected chi connectivity index (χ2v) is 12.4. The summed E-state index contributed by atoms with van der Waals surface area (Å²) >= 11 is 0. The first-order valence-corrected chi connectivity index (χ1v) is 9.53. The van der Waals surface area contributed by atoms with Gasteiger partial charge < -0.3 is 0 Å². The van der Waals surface area contributed by atoms with Crippen molar-refractivity contribution in [2.75, 3.05) is 18.1 Å². The summed E-state index contributed by atoms with van der Waals surface area (Å²) in [6.07, 6.45) is 6.48. The van der Waals surface area contributed by atoms with Gasteiger partial charge in [-0.3, -0.25) is 0 Å². The lowest BCUT2D eigenvalue weighted by atomic mass is 10.5. The molecular formula is C8H17PSi. The van der Waals surface area contributed by atoms with Crippen molar-refractivity contribution in [3.63, 3.8) is 0 Å². The molecule has 0 nitrogen and oxygen atoms in total. The number of hydrogen-bond donors (Lipinski definition) is 0. The molecule has 0 aromatic heterocycles. The van der Waals surface area contributed by atoms with Crippen LogP contribution in [0.5, 0.6) is 0 Å². The molecule has 58 valence electrons. The molecule has 0 radical (unpaired) electrons. The molecule has 0 aliphatic carbocycles. The van der Waals surface area contributed by atoms with Crippen molar-refractivity contribution in [3.8, 4) is 0 Å². The standard InChI is InChI=1S/C8H17PSi/c1-10-6-2-4-9(8-10)5-3-7-10/h2-8H2,1H3. The molecule has 10 heavy (non-hydrogen) atoms. The zero-order valence-electron chi connectivity index (χ0n) is 6.90. The molecule has 2 bridgehead atoms. The van der Waals surface area contributed by atoms with Crippen molar-refractivity contribution in [2.45, 2.75) is 31.5 Å². The summed E-state index contributed by atoms with van der Waals surface area (Å²) < 4.78 is 0.